The molecule has 0 saturated heterocycles. The fourth-order valence-electron chi connectivity index (χ4n) is 1.20. The van der Waals surface area contributed by atoms with Gasteiger partial charge in [-0.05, 0) is 30.5 Å². The number of nitrogens with zero attached hydrogens (tertiary/aromatic N) is 1. The highest BCUT2D eigenvalue weighted by atomic mass is 19.1. The minimum absolute atomic E-state index is 0.207. The van der Waals surface area contributed by atoms with Gasteiger partial charge in [0, 0.05) is 0 Å². The maximum Gasteiger partial charge on any atom is 0.123 e. The quantitative estimate of drug-likeness (QED) is 0.582. The Morgan fingerprint density at radius 2 is 2.00 bits per heavy atom. The molecular formula is C10H12FNO2. The smallest absolute Gasteiger partial charge is 0.123 e. The molecular weight excluding hydrogens is 185 g/mol. The fraction of sp³-hybridized carbons (Fsp3) is 0.400. The van der Waals surface area contributed by atoms with Gasteiger partial charge in [0.1, 0.15) is 5.82 Å². The van der Waals surface area contributed by atoms with Gasteiger partial charge >= 0.3 is 0 Å². The Hall–Kier alpha value is -1.29. The van der Waals surface area contributed by atoms with Crippen LogP contribution >= 0.6 is 0 Å². The molecule has 0 heterocycles. The number of benzene rings is 1. The molecule has 0 fully saturated rings. The first-order chi connectivity index (χ1) is 6.74. The van der Waals surface area contributed by atoms with E-state index in [0.717, 1.165) is 0 Å². The average molecular weight is 197 g/mol. The molecule has 0 unspecified atom stereocenters. The molecule has 1 N–H and O–H groups in total. The molecule has 0 aliphatic heterocycles. The molecule has 0 aromatic heterocycles. The van der Waals surface area contributed by atoms with E-state index in [1.807, 2.05) is 0 Å². The van der Waals surface area contributed by atoms with Gasteiger partial charge in [-0.1, -0.05) is 17.3 Å². The second-order valence-electron chi connectivity index (χ2n) is 3.06. The zero-order valence-electron chi connectivity index (χ0n) is 7.69. The number of aliphatic hydroxyl groups excluding tert-OH is 1. The van der Waals surface area contributed by atoms with Crippen molar-refractivity contribution in [3.63, 3.8) is 0 Å². The van der Waals surface area contributed by atoms with Gasteiger partial charge in [-0.15, -0.1) is 0 Å². The predicted octanol–water partition coefficient (Wildman–Crippen LogP) is 2.41. The van der Waals surface area contributed by atoms with Crippen LogP contribution in [-0.4, -0.2) is 11.7 Å². The lowest BCUT2D eigenvalue weighted by molar-refractivity contribution is 0.165. The Morgan fingerprint density at radius 3 is 2.57 bits per heavy atom. The van der Waals surface area contributed by atoms with Crippen molar-refractivity contribution < 1.29 is 9.50 Å². The predicted molar refractivity (Wildman–Crippen MR) is 51.3 cm³/mol. The normalized spacial score (nSPS) is 12.4. The standard InChI is InChI=1S/C10H12FNO2/c11-9-5-3-8(4-6-9)10(13)2-1-7-12-14/h3-6,10,13H,1-2,7H2/t10-/m0/s1. The van der Waals surface area contributed by atoms with Crippen LogP contribution in [0.1, 0.15) is 24.5 Å². The van der Waals surface area contributed by atoms with E-state index in [9.17, 15) is 14.4 Å². The number of hydrogen-bond donors (Lipinski definition) is 1. The van der Waals surface area contributed by atoms with Gasteiger partial charge in [-0.2, -0.15) is 4.91 Å². The summed E-state index contributed by atoms with van der Waals surface area (Å²) in [5.41, 5.74) is 0.664. The number of aliphatic hydroxyl groups is 1. The Balaban J connectivity index is 2.47. The van der Waals surface area contributed by atoms with Crippen molar-refractivity contribution in [2.45, 2.75) is 18.9 Å². The molecule has 76 valence electrons. The van der Waals surface area contributed by atoms with Crippen LogP contribution in [0.15, 0.2) is 29.4 Å². The first-order valence-electron chi connectivity index (χ1n) is 4.46. The largest absolute Gasteiger partial charge is 0.388 e. The first-order valence-corrected chi connectivity index (χ1v) is 4.46. The maximum absolute atomic E-state index is 12.5. The molecule has 0 saturated carbocycles. The molecule has 1 rings (SSSR count). The number of halogens is 1. The van der Waals surface area contributed by atoms with Crippen molar-refractivity contribution >= 4 is 0 Å². The molecule has 0 bridgehead atoms. The minimum Gasteiger partial charge on any atom is -0.388 e. The van der Waals surface area contributed by atoms with Crippen LogP contribution in [0, 0.1) is 10.7 Å². The van der Waals surface area contributed by atoms with Crippen LogP contribution in [0.5, 0.6) is 0 Å². The summed E-state index contributed by atoms with van der Waals surface area (Å²) in [5, 5.41) is 12.3. The summed E-state index contributed by atoms with van der Waals surface area (Å²) in [6.45, 7) is 0.207. The third-order valence-corrected chi connectivity index (χ3v) is 1.98. The van der Waals surface area contributed by atoms with Crippen LogP contribution in [0.2, 0.25) is 0 Å². The molecule has 0 aliphatic rings. The molecule has 3 nitrogen and oxygen atoms in total. The Kier molecular flexibility index (Phi) is 4.19. The van der Waals surface area contributed by atoms with Gasteiger partial charge in [0.25, 0.3) is 0 Å². The number of hydrogen-bond acceptors (Lipinski definition) is 3. The SMILES string of the molecule is O=NCCC[C@H](O)c1ccc(F)cc1. The average Bonchev–Trinajstić information content (AvgIpc) is 2.19. The van der Waals surface area contributed by atoms with E-state index in [1.54, 1.807) is 0 Å². The lowest BCUT2D eigenvalue weighted by Crippen LogP contribution is -1.98. The molecule has 0 amide bonds. The van der Waals surface area contributed by atoms with Crippen LogP contribution in [0.4, 0.5) is 4.39 Å². The summed E-state index contributed by atoms with van der Waals surface area (Å²) in [5.74, 6) is -0.324. The van der Waals surface area contributed by atoms with E-state index >= 15 is 0 Å². The van der Waals surface area contributed by atoms with Gasteiger partial charge in [0.2, 0.25) is 0 Å². The monoisotopic (exact) mass is 197 g/mol. The van der Waals surface area contributed by atoms with Gasteiger partial charge in [0.15, 0.2) is 0 Å². The third-order valence-electron chi connectivity index (χ3n) is 1.98. The van der Waals surface area contributed by atoms with E-state index in [4.69, 9.17) is 0 Å². The van der Waals surface area contributed by atoms with Gasteiger partial charge in [0.05, 0.1) is 12.6 Å². The fourth-order valence-corrected chi connectivity index (χ4v) is 1.20. The van der Waals surface area contributed by atoms with Crippen molar-refractivity contribution in [3.05, 3.63) is 40.6 Å². The molecule has 0 radical (unpaired) electrons. The van der Waals surface area contributed by atoms with Crippen molar-refractivity contribution in [2.24, 2.45) is 5.18 Å². The van der Waals surface area contributed by atoms with Crippen molar-refractivity contribution in [3.8, 4) is 0 Å². The molecule has 14 heavy (non-hydrogen) atoms. The van der Waals surface area contributed by atoms with Crippen LogP contribution in [0.25, 0.3) is 0 Å². The topological polar surface area (TPSA) is 49.7 Å². The summed E-state index contributed by atoms with van der Waals surface area (Å²) in [6, 6.07) is 5.68. The molecule has 1 aromatic carbocycles. The number of rotatable bonds is 5. The molecule has 0 spiro atoms. The highest BCUT2D eigenvalue weighted by molar-refractivity contribution is 5.18. The van der Waals surface area contributed by atoms with Gasteiger partial charge in [-0.25, -0.2) is 4.39 Å². The van der Waals surface area contributed by atoms with E-state index in [0.29, 0.717) is 18.4 Å². The Labute approximate surface area is 81.5 Å². The number of nitroso groups, excluding NO2 is 1. The maximum atomic E-state index is 12.5. The Bertz CT molecular complexity index is 287. The summed E-state index contributed by atoms with van der Waals surface area (Å²) < 4.78 is 12.5. The summed E-state index contributed by atoms with van der Waals surface area (Å²) in [6.07, 6.45) is 0.372. The van der Waals surface area contributed by atoms with E-state index in [1.165, 1.54) is 24.3 Å². The van der Waals surface area contributed by atoms with Crippen LogP contribution in [-0.2, 0) is 0 Å². The van der Waals surface area contributed by atoms with Crippen LogP contribution < -0.4 is 0 Å². The summed E-state index contributed by atoms with van der Waals surface area (Å²) in [4.78, 5) is 9.79. The van der Waals surface area contributed by atoms with Crippen molar-refractivity contribution in [1.82, 2.24) is 0 Å². The zero-order chi connectivity index (χ0) is 10.4. The molecule has 1 atom stereocenters. The lowest BCUT2D eigenvalue weighted by atomic mass is 10.1. The highest BCUT2D eigenvalue weighted by Gasteiger charge is 2.06. The van der Waals surface area contributed by atoms with E-state index < -0.39 is 6.10 Å². The van der Waals surface area contributed by atoms with Crippen molar-refractivity contribution in [2.75, 3.05) is 6.54 Å². The first kappa shape index (κ1) is 10.8. The lowest BCUT2D eigenvalue weighted by Gasteiger charge is -2.09. The zero-order valence-corrected chi connectivity index (χ0v) is 7.69. The second kappa shape index (κ2) is 5.44. The molecule has 1 aromatic rings. The molecule has 4 heteroatoms. The van der Waals surface area contributed by atoms with E-state index in [2.05, 4.69) is 5.18 Å². The third kappa shape index (κ3) is 3.22. The molecule has 0 aliphatic carbocycles. The minimum atomic E-state index is -0.641. The second-order valence-corrected chi connectivity index (χ2v) is 3.06. The van der Waals surface area contributed by atoms with Crippen molar-refractivity contribution in [1.29, 1.82) is 0 Å². The summed E-state index contributed by atoms with van der Waals surface area (Å²) >= 11 is 0. The van der Waals surface area contributed by atoms with Gasteiger partial charge < -0.3 is 5.11 Å². The van der Waals surface area contributed by atoms with Crippen LogP contribution in [0.3, 0.4) is 0 Å². The highest BCUT2D eigenvalue weighted by Crippen LogP contribution is 2.18. The Morgan fingerprint density at radius 1 is 1.36 bits per heavy atom. The summed E-state index contributed by atoms with van der Waals surface area (Å²) in [7, 11) is 0. The van der Waals surface area contributed by atoms with E-state index in [-0.39, 0.29) is 12.4 Å². The van der Waals surface area contributed by atoms with Gasteiger partial charge in [-0.3, -0.25) is 0 Å².